The van der Waals surface area contributed by atoms with Gasteiger partial charge in [-0.3, -0.25) is 9.69 Å². The zero-order valence-corrected chi connectivity index (χ0v) is 14.5. The Balaban J connectivity index is 1.62. The predicted molar refractivity (Wildman–Crippen MR) is 88.5 cm³/mol. The van der Waals surface area contributed by atoms with Gasteiger partial charge in [0, 0.05) is 30.6 Å². The Morgan fingerprint density at radius 1 is 1.54 bits per heavy atom. The van der Waals surface area contributed by atoms with Crippen molar-refractivity contribution in [3.63, 3.8) is 0 Å². The summed E-state index contributed by atoms with van der Waals surface area (Å²) >= 11 is 1.59. The number of thiophene rings is 1. The van der Waals surface area contributed by atoms with Gasteiger partial charge in [0.25, 0.3) is 0 Å². The molecular formula is C16H21N3O4S. The molecule has 1 fully saturated rings. The highest BCUT2D eigenvalue weighted by molar-refractivity contribution is 7.08. The van der Waals surface area contributed by atoms with Gasteiger partial charge in [-0.2, -0.15) is 16.3 Å². The minimum absolute atomic E-state index is 0.196. The number of carbonyl (C=O) groups is 1. The smallest absolute Gasteiger partial charge is 0.306 e. The molecule has 0 saturated carbocycles. The fourth-order valence-corrected chi connectivity index (χ4v) is 3.32. The van der Waals surface area contributed by atoms with Gasteiger partial charge in [-0.15, -0.1) is 0 Å². The third-order valence-corrected chi connectivity index (χ3v) is 4.64. The van der Waals surface area contributed by atoms with Gasteiger partial charge < -0.3 is 14.0 Å². The van der Waals surface area contributed by atoms with Crippen LogP contribution in [0.2, 0.25) is 0 Å². The van der Waals surface area contributed by atoms with Crippen molar-refractivity contribution in [2.45, 2.75) is 31.9 Å². The van der Waals surface area contributed by atoms with E-state index in [1.807, 2.05) is 16.8 Å². The number of hydrogen-bond acceptors (Lipinski definition) is 8. The molecule has 0 N–H and O–H groups in total. The Morgan fingerprint density at radius 2 is 2.46 bits per heavy atom. The lowest BCUT2D eigenvalue weighted by molar-refractivity contribution is -0.141. The summed E-state index contributed by atoms with van der Waals surface area (Å²) in [5.74, 6) is 0.909. The first-order valence-electron chi connectivity index (χ1n) is 8.00. The largest absolute Gasteiger partial charge is 0.469 e. The minimum atomic E-state index is -0.225. The van der Waals surface area contributed by atoms with Crippen molar-refractivity contribution in [2.24, 2.45) is 0 Å². The van der Waals surface area contributed by atoms with Crippen molar-refractivity contribution in [3.05, 3.63) is 22.7 Å². The van der Waals surface area contributed by atoms with Gasteiger partial charge in [-0.1, -0.05) is 5.16 Å². The van der Waals surface area contributed by atoms with E-state index < -0.39 is 0 Å². The van der Waals surface area contributed by atoms with Crippen LogP contribution >= 0.6 is 11.3 Å². The highest BCUT2D eigenvalue weighted by Crippen LogP contribution is 2.20. The minimum Gasteiger partial charge on any atom is -0.469 e. The number of rotatable bonds is 8. The Kier molecular flexibility index (Phi) is 5.95. The highest BCUT2D eigenvalue weighted by atomic mass is 32.1. The molecule has 0 bridgehead atoms. The molecule has 2 aromatic heterocycles. The summed E-state index contributed by atoms with van der Waals surface area (Å²) in [5.41, 5.74) is 0.954. The van der Waals surface area contributed by atoms with Crippen LogP contribution in [0.3, 0.4) is 0 Å². The Hall–Kier alpha value is -1.77. The molecule has 3 rings (SSSR count). The Bertz CT molecular complexity index is 638. The molecule has 8 heteroatoms. The van der Waals surface area contributed by atoms with Crippen molar-refractivity contribution >= 4 is 17.3 Å². The van der Waals surface area contributed by atoms with E-state index >= 15 is 0 Å². The summed E-state index contributed by atoms with van der Waals surface area (Å²) in [6.45, 7) is 2.61. The molecule has 0 aliphatic carbocycles. The first-order valence-corrected chi connectivity index (χ1v) is 8.95. The predicted octanol–water partition coefficient (Wildman–Crippen LogP) is 2.34. The summed E-state index contributed by atoms with van der Waals surface area (Å²) < 4.78 is 15.8. The fraction of sp³-hybridized carbons (Fsp3) is 0.562. The highest BCUT2D eigenvalue weighted by Gasteiger charge is 2.22. The van der Waals surface area contributed by atoms with Crippen LogP contribution < -0.4 is 0 Å². The van der Waals surface area contributed by atoms with E-state index in [2.05, 4.69) is 15.0 Å². The maximum Gasteiger partial charge on any atom is 0.306 e. The molecule has 1 aliphatic rings. The van der Waals surface area contributed by atoms with Crippen molar-refractivity contribution < 1.29 is 18.8 Å². The van der Waals surface area contributed by atoms with Crippen molar-refractivity contribution in [2.75, 3.05) is 26.8 Å². The van der Waals surface area contributed by atoms with Crippen LogP contribution in [-0.2, 0) is 20.8 Å². The molecule has 2 aromatic rings. The van der Waals surface area contributed by atoms with Crippen LogP contribution in [0.15, 0.2) is 21.3 Å². The van der Waals surface area contributed by atoms with E-state index in [1.54, 1.807) is 11.3 Å². The molecule has 1 saturated heterocycles. The molecule has 0 amide bonds. The van der Waals surface area contributed by atoms with Crippen LogP contribution in [0.25, 0.3) is 11.4 Å². The lowest BCUT2D eigenvalue weighted by Crippen LogP contribution is -2.33. The zero-order chi connectivity index (χ0) is 16.8. The number of hydrogen-bond donors (Lipinski definition) is 0. The van der Waals surface area contributed by atoms with Crippen LogP contribution in [0.4, 0.5) is 0 Å². The lowest BCUT2D eigenvalue weighted by Gasteiger charge is -2.23. The van der Waals surface area contributed by atoms with E-state index in [1.165, 1.54) is 7.11 Å². The second-order valence-electron chi connectivity index (χ2n) is 5.72. The van der Waals surface area contributed by atoms with E-state index in [-0.39, 0.29) is 12.1 Å². The fourth-order valence-electron chi connectivity index (χ4n) is 2.68. The van der Waals surface area contributed by atoms with Crippen molar-refractivity contribution in [3.8, 4) is 11.4 Å². The summed E-state index contributed by atoms with van der Waals surface area (Å²) in [6.07, 6.45) is 2.65. The first-order chi connectivity index (χ1) is 11.7. The summed E-state index contributed by atoms with van der Waals surface area (Å²) in [7, 11) is 1.40. The quantitative estimate of drug-likeness (QED) is 0.676. The van der Waals surface area contributed by atoms with E-state index in [0.29, 0.717) is 31.2 Å². The van der Waals surface area contributed by atoms with Gasteiger partial charge in [-0.05, 0) is 24.3 Å². The monoisotopic (exact) mass is 351 g/mol. The molecule has 3 heterocycles. The van der Waals surface area contributed by atoms with Crippen LogP contribution in [0.5, 0.6) is 0 Å². The molecule has 0 spiro atoms. The molecular weight excluding hydrogens is 330 g/mol. The van der Waals surface area contributed by atoms with Gasteiger partial charge in [0.2, 0.25) is 11.7 Å². The lowest BCUT2D eigenvalue weighted by atomic mass is 10.2. The van der Waals surface area contributed by atoms with Crippen molar-refractivity contribution in [1.29, 1.82) is 0 Å². The van der Waals surface area contributed by atoms with E-state index in [0.717, 1.165) is 31.6 Å². The molecule has 0 aromatic carbocycles. The van der Waals surface area contributed by atoms with Crippen LogP contribution in [-0.4, -0.2) is 53.9 Å². The second kappa shape index (κ2) is 8.36. The molecule has 1 unspecified atom stereocenters. The molecule has 1 aliphatic heterocycles. The van der Waals surface area contributed by atoms with Crippen LogP contribution in [0, 0.1) is 0 Å². The molecule has 1 atom stereocenters. The maximum absolute atomic E-state index is 11.4. The average molecular weight is 351 g/mol. The second-order valence-corrected chi connectivity index (χ2v) is 6.50. The van der Waals surface area contributed by atoms with E-state index in [9.17, 15) is 4.79 Å². The normalized spacial score (nSPS) is 17.5. The zero-order valence-electron chi connectivity index (χ0n) is 13.6. The summed E-state index contributed by atoms with van der Waals surface area (Å²) in [4.78, 5) is 18.0. The van der Waals surface area contributed by atoms with Gasteiger partial charge >= 0.3 is 5.97 Å². The third kappa shape index (κ3) is 4.62. The molecule has 130 valence electrons. The van der Waals surface area contributed by atoms with Gasteiger partial charge in [0.15, 0.2) is 0 Å². The number of esters is 1. The molecule has 24 heavy (non-hydrogen) atoms. The maximum atomic E-state index is 11.4. The van der Waals surface area contributed by atoms with E-state index in [4.69, 9.17) is 14.0 Å². The van der Waals surface area contributed by atoms with Crippen LogP contribution in [0.1, 0.15) is 25.2 Å². The van der Waals surface area contributed by atoms with Crippen molar-refractivity contribution in [1.82, 2.24) is 15.0 Å². The number of carbonyl (C=O) groups excluding carboxylic acids is 1. The number of aromatic nitrogens is 2. The molecule has 0 radical (unpaired) electrons. The Labute approximate surface area is 144 Å². The number of methoxy groups -OCH3 is 1. The Morgan fingerprint density at radius 3 is 3.17 bits per heavy atom. The van der Waals surface area contributed by atoms with Gasteiger partial charge in [0.1, 0.15) is 0 Å². The SMILES string of the molecule is COC(=O)CCN(Cc1nc(-c2ccsc2)no1)CC1CCCO1. The first kappa shape index (κ1) is 17.1. The number of ether oxygens (including phenoxy) is 2. The molecule has 7 nitrogen and oxygen atoms in total. The van der Waals surface area contributed by atoms with Gasteiger partial charge in [0.05, 0.1) is 26.2 Å². The topological polar surface area (TPSA) is 77.7 Å². The average Bonchev–Trinajstić information content (AvgIpc) is 3.33. The third-order valence-electron chi connectivity index (χ3n) is 3.95. The standard InChI is InChI=1S/C16H21N3O4S/c1-21-15(20)4-6-19(9-13-3-2-7-22-13)10-14-17-16(18-23-14)12-5-8-24-11-12/h5,8,11,13H,2-4,6-7,9-10H2,1H3. The summed E-state index contributed by atoms with van der Waals surface area (Å²) in [6, 6.07) is 1.96. The summed E-state index contributed by atoms with van der Waals surface area (Å²) in [5, 5.41) is 7.99. The number of nitrogens with zero attached hydrogens (tertiary/aromatic N) is 3. The van der Waals surface area contributed by atoms with Gasteiger partial charge in [-0.25, -0.2) is 0 Å².